The fourth-order valence-electron chi connectivity index (χ4n) is 1.22. The van der Waals surface area contributed by atoms with Crippen molar-refractivity contribution in [2.45, 2.75) is 6.42 Å². The van der Waals surface area contributed by atoms with Gasteiger partial charge >= 0.3 is 0 Å². The highest BCUT2D eigenvalue weighted by Crippen LogP contribution is 2.19. The first kappa shape index (κ1) is 12.2. The Hall–Kier alpha value is -1.87. The van der Waals surface area contributed by atoms with Gasteiger partial charge in [-0.2, -0.15) is 0 Å². The van der Waals surface area contributed by atoms with Crippen LogP contribution in [0.5, 0.6) is 5.75 Å². The molecule has 0 atom stereocenters. The van der Waals surface area contributed by atoms with Gasteiger partial charge in [-0.1, -0.05) is 11.2 Å². The lowest BCUT2D eigenvalue weighted by molar-refractivity contribution is 0.313. The molecule has 0 aliphatic carbocycles. The fourth-order valence-corrected chi connectivity index (χ4v) is 1.22. The number of ether oxygens (including phenoxy) is 1. The lowest BCUT2D eigenvalue weighted by atomic mass is 10.3. The Morgan fingerprint density at radius 3 is 2.94 bits per heavy atom. The first-order valence-corrected chi connectivity index (χ1v) is 5.15. The number of azide groups is 1. The Balaban J connectivity index is 2.41. The highest BCUT2D eigenvalue weighted by atomic mass is 16.5. The van der Waals surface area contributed by atoms with Crippen LogP contribution in [-0.2, 0) is 0 Å². The third-order valence-corrected chi connectivity index (χ3v) is 2.07. The summed E-state index contributed by atoms with van der Waals surface area (Å²) in [5.74, 6) is 0.840. The zero-order valence-electron chi connectivity index (χ0n) is 9.63. The standard InChI is InChI=1S/C11H16N4O/c1-15(2)10-5-3-6-11(9-10)16-8-4-7-13-14-12/h3,5-6,9H,4,7-8H2,1-2H3. The molecular formula is C11H16N4O. The van der Waals surface area contributed by atoms with Crippen molar-refractivity contribution in [2.24, 2.45) is 5.11 Å². The Labute approximate surface area is 95.3 Å². The van der Waals surface area contributed by atoms with Gasteiger partial charge in [0.2, 0.25) is 0 Å². The SMILES string of the molecule is CN(C)c1cccc(OCCCN=[N+]=[N-])c1. The largest absolute Gasteiger partial charge is 0.494 e. The molecule has 0 aromatic heterocycles. The molecule has 1 aromatic rings. The zero-order valence-corrected chi connectivity index (χ0v) is 9.63. The van der Waals surface area contributed by atoms with E-state index in [0.717, 1.165) is 17.9 Å². The van der Waals surface area contributed by atoms with Crippen molar-refractivity contribution >= 4 is 5.69 Å². The van der Waals surface area contributed by atoms with Crippen molar-refractivity contribution in [1.29, 1.82) is 0 Å². The number of nitrogens with zero attached hydrogens (tertiary/aromatic N) is 4. The number of hydrogen-bond donors (Lipinski definition) is 0. The van der Waals surface area contributed by atoms with E-state index < -0.39 is 0 Å². The van der Waals surface area contributed by atoms with Gasteiger partial charge in [-0.15, -0.1) is 0 Å². The summed E-state index contributed by atoms with van der Waals surface area (Å²) in [7, 11) is 3.97. The van der Waals surface area contributed by atoms with Crippen LogP contribution in [0.4, 0.5) is 5.69 Å². The molecule has 16 heavy (non-hydrogen) atoms. The molecule has 5 heteroatoms. The van der Waals surface area contributed by atoms with Gasteiger partial charge in [-0.05, 0) is 24.1 Å². The number of rotatable bonds is 6. The number of anilines is 1. The molecule has 0 aliphatic heterocycles. The molecule has 0 bridgehead atoms. The van der Waals surface area contributed by atoms with E-state index in [4.69, 9.17) is 10.3 Å². The van der Waals surface area contributed by atoms with Crippen LogP contribution in [0, 0.1) is 0 Å². The topological polar surface area (TPSA) is 61.2 Å². The molecule has 1 aromatic carbocycles. The van der Waals surface area contributed by atoms with Gasteiger partial charge in [0.25, 0.3) is 0 Å². The average Bonchev–Trinajstić information content (AvgIpc) is 2.29. The van der Waals surface area contributed by atoms with E-state index in [9.17, 15) is 0 Å². The summed E-state index contributed by atoms with van der Waals surface area (Å²) in [5, 5.41) is 3.44. The van der Waals surface area contributed by atoms with E-state index in [1.54, 1.807) is 0 Å². The first-order chi connectivity index (χ1) is 7.74. The minimum absolute atomic E-state index is 0.476. The monoisotopic (exact) mass is 220 g/mol. The van der Waals surface area contributed by atoms with Crippen LogP contribution in [0.3, 0.4) is 0 Å². The second-order valence-corrected chi connectivity index (χ2v) is 3.55. The Bertz CT molecular complexity index is 372. The van der Waals surface area contributed by atoms with Gasteiger partial charge in [0.15, 0.2) is 0 Å². The van der Waals surface area contributed by atoms with E-state index in [0.29, 0.717) is 13.2 Å². The highest BCUT2D eigenvalue weighted by Gasteiger charge is 1.97. The Kier molecular flexibility index (Phi) is 5.02. The van der Waals surface area contributed by atoms with Gasteiger partial charge in [0.1, 0.15) is 5.75 Å². The van der Waals surface area contributed by atoms with Crippen molar-refractivity contribution < 1.29 is 4.74 Å². The summed E-state index contributed by atoms with van der Waals surface area (Å²) >= 11 is 0. The number of benzene rings is 1. The van der Waals surface area contributed by atoms with E-state index in [2.05, 4.69) is 10.0 Å². The van der Waals surface area contributed by atoms with E-state index in [1.165, 1.54) is 0 Å². The maximum atomic E-state index is 8.09. The molecule has 86 valence electrons. The second-order valence-electron chi connectivity index (χ2n) is 3.55. The third kappa shape index (κ3) is 4.11. The summed E-state index contributed by atoms with van der Waals surface area (Å²) in [6.45, 7) is 1.04. The van der Waals surface area contributed by atoms with Crippen LogP contribution in [0.2, 0.25) is 0 Å². The van der Waals surface area contributed by atoms with Gasteiger partial charge in [0, 0.05) is 37.3 Å². The van der Waals surface area contributed by atoms with Crippen molar-refractivity contribution in [2.75, 3.05) is 32.1 Å². The van der Waals surface area contributed by atoms with Gasteiger partial charge in [0.05, 0.1) is 6.61 Å². The molecule has 0 aliphatic rings. The predicted octanol–water partition coefficient (Wildman–Crippen LogP) is 2.83. The van der Waals surface area contributed by atoms with Crippen molar-refractivity contribution in [3.05, 3.63) is 34.7 Å². The quantitative estimate of drug-likeness (QED) is 0.320. The fraction of sp³-hybridized carbons (Fsp3) is 0.455. The van der Waals surface area contributed by atoms with Gasteiger partial charge in [-0.25, -0.2) is 0 Å². The summed E-state index contributed by atoms with van der Waals surface area (Å²) < 4.78 is 5.53. The summed E-state index contributed by atoms with van der Waals surface area (Å²) in [6.07, 6.45) is 0.732. The molecule has 1 rings (SSSR count). The molecule has 0 fully saturated rings. The van der Waals surface area contributed by atoms with Crippen molar-refractivity contribution in [3.63, 3.8) is 0 Å². The molecule has 0 heterocycles. The maximum absolute atomic E-state index is 8.09. The lowest BCUT2D eigenvalue weighted by Crippen LogP contribution is -2.08. The Morgan fingerprint density at radius 1 is 1.44 bits per heavy atom. The molecule has 0 unspecified atom stereocenters. The van der Waals surface area contributed by atoms with Crippen LogP contribution >= 0.6 is 0 Å². The minimum atomic E-state index is 0.476. The average molecular weight is 220 g/mol. The second kappa shape index (κ2) is 6.58. The minimum Gasteiger partial charge on any atom is -0.494 e. The van der Waals surface area contributed by atoms with Crippen molar-refractivity contribution in [3.8, 4) is 5.75 Å². The van der Waals surface area contributed by atoms with E-state index >= 15 is 0 Å². The van der Waals surface area contributed by atoms with Gasteiger partial charge in [-0.3, -0.25) is 0 Å². The smallest absolute Gasteiger partial charge is 0.121 e. The molecule has 0 radical (unpaired) electrons. The van der Waals surface area contributed by atoms with E-state index in [1.807, 2.05) is 43.3 Å². The maximum Gasteiger partial charge on any atom is 0.121 e. The third-order valence-electron chi connectivity index (χ3n) is 2.07. The van der Waals surface area contributed by atoms with Gasteiger partial charge < -0.3 is 9.64 Å². The van der Waals surface area contributed by atoms with Crippen LogP contribution in [-0.4, -0.2) is 27.2 Å². The Morgan fingerprint density at radius 2 is 2.25 bits per heavy atom. The molecule has 0 saturated carbocycles. The summed E-state index contributed by atoms with van der Waals surface area (Å²) in [5.41, 5.74) is 9.20. The van der Waals surface area contributed by atoms with Crippen LogP contribution in [0.25, 0.3) is 10.4 Å². The molecular weight excluding hydrogens is 204 g/mol. The molecule has 0 spiro atoms. The predicted molar refractivity (Wildman–Crippen MR) is 64.9 cm³/mol. The van der Waals surface area contributed by atoms with Crippen molar-refractivity contribution in [1.82, 2.24) is 0 Å². The molecule has 0 amide bonds. The first-order valence-electron chi connectivity index (χ1n) is 5.15. The zero-order chi connectivity index (χ0) is 11.8. The van der Waals surface area contributed by atoms with Crippen LogP contribution in [0.15, 0.2) is 29.4 Å². The molecule has 0 N–H and O–H groups in total. The molecule has 0 saturated heterocycles. The molecule has 5 nitrogen and oxygen atoms in total. The van der Waals surface area contributed by atoms with Crippen LogP contribution < -0.4 is 9.64 Å². The van der Waals surface area contributed by atoms with Crippen LogP contribution in [0.1, 0.15) is 6.42 Å². The summed E-state index contributed by atoms with van der Waals surface area (Å²) in [4.78, 5) is 4.70. The normalized spacial score (nSPS) is 9.38. The summed E-state index contributed by atoms with van der Waals surface area (Å²) in [6, 6.07) is 7.87. The highest BCUT2D eigenvalue weighted by molar-refractivity contribution is 5.49. The lowest BCUT2D eigenvalue weighted by Gasteiger charge is -2.13. The number of hydrogen-bond acceptors (Lipinski definition) is 3. The van der Waals surface area contributed by atoms with E-state index in [-0.39, 0.29) is 0 Å².